The van der Waals surface area contributed by atoms with E-state index in [0.29, 0.717) is 37.1 Å². The molecule has 1 fully saturated rings. The Morgan fingerprint density at radius 3 is 2.18 bits per heavy atom. The number of nitriles is 1. The van der Waals surface area contributed by atoms with Gasteiger partial charge in [0.25, 0.3) is 0 Å². The van der Waals surface area contributed by atoms with E-state index >= 15 is 0 Å². The summed E-state index contributed by atoms with van der Waals surface area (Å²) in [4.78, 5) is 38.7. The second-order valence-corrected chi connectivity index (χ2v) is 10.5. The van der Waals surface area contributed by atoms with Gasteiger partial charge in [-0.1, -0.05) is 36.4 Å². The number of likely N-dealkylation sites (tertiary alicyclic amines) is 1. The predicted octanol–water partition coefficient (Wildman–Crippen LogP) is 5.64. The van der Waals surface area contributed by atoms with E-state index in [2.05, 4.69) is 6.07 Å². The first kappa shape index (κ1) is 28.5. The second kappa shape index (κ2) is 12.4. The number of amides is 1. The van der Waals surface area contributed by atoms with Crippen molar-refractivity contribution in [1.29, 1.82) is 5.26 Å². The van der Waals surface area contributed by atoms with Crippen LogP contribution in [-0.2, 0) is 14.2 Å². The maximum Gasteiger partial charge on any atom is 0.410 e. The number of benzene rings is 2. The monoisotopic (exact) mass is 518 g/mol. The van der Waals surface area contributed by atoms with Gasteiger partial charge in [0.15, 0.2) is 0 Å². The molecule has 2 aromatic carbocycles. The van der Waals surface area contributed by atoms with E-state index in [1.54, 1.807) is 4.90 Å². The summed E-state index contributed by atoms with van der Waals surface area (Å²) in [7, 11) is 1.29. The Labute approximate surface area is 223 Å². The molecule has 3 rings (SSSR count). The fraction of sp³-hybridized carbons (Fsp3) is 0.400. The highest BCUT2D eigenvalue weighted by Gasteiger charge is 2.46. The first-order valence-electron chi connectivity index (χ1n) is 12.5. The highest BCUT2D eigenvalue weighted by molar-refractivity contribution is 5.93. The zero-order valence-electron chi connectivity index (χ0n) is 22.3. The number of carbonyl (C=O) groups is 3. The van der Waals surface area contributed by atoms with Crippen LogP contribution in [0.1, 0.15) is 66.3 Å². The number of nitrogens with zero attached hydrogens (tertiary/aromatic N) is 2. The van der Waals surface area contributed by atoms with Crippen molar-refractivity contribution in [2.75, 3.05) is 20.2 Å². The van der Waals surface area contributed by atoms with Gasteiger partial charge in [-0.3, -0.25) is 0 Å². The Bertz CT molecular complexity index is 1190. The molecular weight excluding hydrogens is 484 g/mol. The topological polar surface area (TPSA) is 106 Å². The molecule has 38 heavy (non-hydrogen) atoms. The van der Waals surface area contributed by atoms with Gasteiger partial charge in [-0.2, -0.15) is 5.26 Å². The molecule has 1 heterocycles. The number of esters is 2. The quantitative estimate of drug-likeness (QED) is 0.312. The fourth-order valence-electron chi connectivity index (χ4n) is 4.24. The van der Waals surface area contributed by atoms with Crippen molar-refractivity contribution in [2.45, 2.75) is 51.7 Å². The predicted molar refractivity (Wildman–Crippen MR) is 142 cm³/mol. The Kier molecular flexibility index (Phi) is 9.30. The van der Waals surface area contributed by atoms with E-state index in [1.807, 2.05) is 63.3 Å². The third kappa shape index (κ3) is 7.94. The molecule has 1 saturated heterocycles. The van der Waals surface area contributed by atoms with Crippen LogP contribution in [0.2, 0.25) is 0 Å². The molecule has 0 radical (unpaired) electrons. The van der Waals surface area contributed by atoms with Gasteiger partial charge in [-0.25, -0.2) is 14.4 Å². The summed E-state index contributed by atoms with van der Waals surface area (Å²) in [5, 5.41) is 9.45. The summed E-state index contributed by atoms with van der Waals surface area (Å²) in [6.07, 6.45) is 4.10. The average molecular weight is 519 g/mol. The zero-order chi connectivity index (χ0) is 27.8. The van der Waals surface area contributed by atoms with E-state index in [9.17, 15) is 19.6 Å². The lowest BCUT2D eigenvalue weighted by molar-refractivity contribution is -0.0398. The lowest BCUT2D eigenvalue weighted by Crippen LogP contribution is -2.59. The highest BCUT2D eigenvalue weighted by Crippen LogP contribution is 2.40. The summed E-state index contributed by atoms with van der Waals surface area (Å²) in [5.74, 6) is -1.01. The van der Waals surface area contributed by atoms with E-state index < -0.39 is 29.7 Å². The lowest BCUT2D eigenvalue weighted by Gasteiger charge is -2.49. The molecule has 0 N–H and O–H groups in total. The minimum atomic E-state index is -0.596. The molecule has 200 valence electrons. The van der Waals surface area contributed by atoms with Crippen molar-refractivity contribution in [2.24, 2.45) is 5.41 Å². The summed E-state index contributed by atoms with van der Waals surface area (Å²) in [6, 6.07) is 18.0. The van der Waals surface area contributed by atoms with Gasteiger partial charge < -0.3 is 19.1 Å². The molecule has 1 amide bonds. The number of hydrogen-bond acceptors (Lipinski definition) is 7. The summed E-state index contributed by atoms with van der Waals surface area (Å²) < 4.78 is 16.0. The van der Waals surface area contributed by atoms with Gasteiger partial charge in [-0.05, 0) is 69.5 Å². The molecule has 0 saturated carbocycles. The molecule has 0 aromatic heterocycles. The van der Waals surface area contributed by atoms with Crippen LogP contribution in [0, 0.1) is 16.7 Å². The minimum absolute atomic E-state index is 0.282. The number of rotatable bonds is 9. The van der Waals surface area contributed by atoms with Crippen LogP contribution >= 0.6 is 0 Å². The number of hydrogen-bond donors (Lipinski definition) is 0. The van der Waals surface area contributed by atoms with Crippen LogP contribution < -0.4 is 0 Å². The zero-order valence-corrected chi connectivity index (χ0v) is 22.3. The molecular formula is C30H34N2O6. The minimum Gasteiger partial charge on any atom is -0.465 e. The van der Waals surface area contributed by atoms with Crippen molar-refractivity contribution in [3.05, 3.63) is 77.4 Å². The number of methoxy groups -OCH3 is 1. The van der Waals surface area contributed by atoms with E-state index in [0.717, 1.165) is 5.56 Å². The van der Waals surface area contributed by atoms with Crippen molar-refractivity contribution >= 4 is 24.1 Å². The summed E-state index contributed by atoms with van der Waals surface area (Å²) in [5.41, 5.74) is 0.618. The third-order valence-electron chi connectivity index (χ3n) is 6.22. The van der Waals surface area contributed by atoms with Gasteiger partial charge in [0.05, 0.1) is 24.3 Å². The molecule has 8 heteroatoms. The normalized spacial score (nSPS) is 15.2. The largest absolute Gasteiger partial charge is 0.465 e. The maximum atomic E-state index is 12.9. The molecule has 0 spiro atoms. The molecule has 0 aliphatic carbocycles. The van der Waals surface area contributed by atoms with Crippen LogP contribution in [0.4, 0.5) is 4.79 Å². The fourth-order valence-corrected chi connectivity index (χ4v) is 4.24. The van der Waals surface area contributed by atoms with Gasteiger partial charge in [-0.15, -0.1) is 0 Å². The average Bonchev–Trinajstić information content (AvgIpc) is 2.87. The maximum absolute atomic E-state index is 12.9. The van der Waals surface area contributed by atoms with Crippen molar-refractivity contribution < 1.29 is 28.6 Å². The molecule has 0 unspecified atom stereocenters. The first-order chi connectivity index (χ1) is 18.0. The van der Waals surface area contributed by atoms with E-state index in [-0.39, 0.29) is 11.8 Å². The van der Waals surface area contributed by atoms with Gasteiger partial charge in [0.2, 0.25) is 0 Å². The Balaban J connectivity index is 1.70. The lowest BCUT2D eigenvalue weighted by atomic mass is 9.73. The van der Waals surface area contributed by atoms with Crippen LogP contribution in [0.3, 0.4) is 0 Å². The molecule has 2 aromatic rings. The van der Waals surface area contributed by atoms with Gasteiger partial charge in [0.1, 0.15) is 11.7 Å². The Hall–Kier alpha value is -4.12. The number of carbonyl (C=O) groups excluding carboxylic acids is 3. The molecule has 1 aliphatic heterocycles. The standard InChI is InChI=1S/C30H34N2O6/c1-29(2,3)38-28(35)32-20-30(21-32,18-19-31)17-16-25(15-10-22-8-6-5-7-9-22)37-27(34)24-13-11-23(12-14-24)26(33)36-4/h5-15,25H,16-18,20-21H2,1-4H3/b15-10+/t25-/m1/s1. The summed E-state index contributed by atoms with van der Waals surface area (Å²) >= 11 is 0. The molecule has 1 atom stereocenters. The molecule has 0 bridgehead atoms. The van der Waals surface area contributed by atoms with Crippen molar-refractivity contribution in [3.8, 4) is 6.07 Å². The second-order valence-electron chi connectivity index (χ2n) is 10.5. The van der Waals surface area contributed by atoms with Crippen LogP contribution in [0.15, 0.2) is 60.7 Å². The smallest absolute Gasteiger partial charge is 0.410 e. The summed E-state index contributed by atoms with van der Waals surface area (Å²) in [6.45, 7) is 6.26. The highest BCUT2D eigenvalue weighted by atomic mass is 16.6. The van der Waals surface area contributed by atoms with Crippen LogP contribution in [0.5, 0.6) is 0 Å². The number of ether oxygens (including phenoxy) is 3. The van der Waals surface area contributed by atoms with Crippen LogP contribution in [-0.4, -0.2) is 54.8 Å². The molecule has 1 aliphatic rings. The van der Waals surface area contributed by atoms with E-state index in [4.69, 9.17) is 14.2 Å². The molecule has 8 nitrogen and oxygen atoms in total. The van der Waals surface area contributed by atoms with Crippen molar-refractivity contribution in [3.63, 3.8) is 0 Å². The third-order valence-corrected chi connectivity index (χ3v) is 6.22. The Morgan fingerprint density at radius 1 is 1.03 bits per heavy atom. The van der Waals surface area contributed by atoms with Crippen molar-refractivity contribution in [1.82, 2.24) is 4.90 Å². The van der Waals surface area contributed by atoms with Crippen LogP contribution in [0.25, 0.3) is 6.08 Å². The Morgan fingerprint density at radius 2 is 1.63 bits per heavy atom. The first-order valence-corrected chi connectivity index (χ1v) is 12.5. The van der Waals surface area contributed by atoms with Gasteiger partial charge >= 0.3 is 18.0 Å². The van der Waals surface area contributed by atoms with Gasteiger partial charge in [0, 0.05) is 24.9 Å². The SMILES string of the molecule is COC(=O)c1ccc(C(=O)O[C@H](/C=C/c2ccccc2)CCC2(CC#N)CN(C(=O)OC(C)(C)C)C2)cc1. The van der Waals surface area contributed by atoms with E-state index in [1.165, 1.54) is 31.4 Å².